The van der Waals surface area contributed by atoms with Crippen molar-refractivity contribution in [3.8, 4) is 0 Å². The summed E-state index contributed by atoms with van der Waals surface area (Å²) in [5, 5.41) is 0. The molecule has 1 aliphatic rings. The molecule has 0 bridgehead atoms. The Labute approximate surface area is 105 Å². The first-order chi connectivity index (χ1) is 8.20. The molecule has 100 valence electrons. The lowest BCUT2D eigenvalue weighted by Gasteiger charge is -2.08. The molecule has 0 spiro atoms. The summed E-state index contributed by atoms with van der Waals surface area (Å²) in [5.41, 5.74) is 0. The van der Waals surface area contributed by atoms with E-state index in [1.165, 1.54) is 0 Å². The van der Waals surface area contributed by atoms with E-state index in [0.29, 0.717) is 12.8 Å². The quantitative estimate of drug-likeness (QED) is 0.827. The molecule has 1 aromatic carbocycles. The molecule has 1 aliphatic carbocycles. The van der Waals surface area contributed by atoms with Gasteiger partial charge in [0.05, 0.1) is 4.90 Å². The second-order valence-corrected chi connectivity index (χ2v) is 7.96. The number of halogens is 1. The molecule has 0 saturated heterocycles. The van der Waals surface area contributed by atoms with Crippen molar-refractivity contribution >= 4 is 19.9 Å². The maximum Gasteiger partial charge on any atom is 0.243 e. The normalized spacial score (nSPS) is 16.8. The molecule has 0 heterocycles. The predicted octanol–water partition coefficient (Wildman–Crippen LogP) is 0.670. The van der Waals surface area contributed by atoms with E-state index >= 15 is 0 Å². The van der Waals surface area contributed by atoms with E-state index in [1.807, 2.05) is 0 Å². The molecule has 0 atom stereocenters. The molecule has 0 aromatic heterocycles. The smallest absolute Gasteiger partial charge is 0.224 e. The highest BCUT2D eigenvalue weighted by atomic mass is 32.2. The van der Waals surface area contributed by atoms with Crippen LogP contribution in [0.1, 0.15) is 12.8 Å². The van der Waals surface area contributed by atoms with Crippen molar-refractivity contribution in [2.45, 2.75) is 28.7 Å². The zero-order valence-electron chi connectivity index (χ0n) is 9.55. The van der Waals surface area contributed by atoms with E-state index in [9.17, 15) is 21.2 Å². The van der Waals surface area contributed by atoms with Gasteiger partial charge in [0.2, 0.25) is 10.0 Å². The molecule has 0 aliphatic heterocycles. The summed E-state index contributed by atoms with van der Waals surface area (Å²) in [5.74, 6) is -0.962. The second-order valence-electron chi connectivity index (χ2n) is 4.26. The first-order valence-corrected chi connectivity index (χ1v) is 8.59. The molecule has 0 amide bonds. The number of hydrogen-bond donors (Lipinski definition) is 1. The van der Waals surface area contributed by atoms with Gasteiger partial charge in [-0.25, -0.2) is 25.9 Å². The Morgan fingerprint density at radius 2 is 1.83 bits per heavy atom. The Hall–Kier alpha value is -0.990. The van der Waals surface area contributed by atoms with E-state index < -0.39 is 30.6 Å². The van der Waals surface area contributed by atoms with Crippen molar-refractivity contribution in [1.82, 2.24) is 4.72 Å². The third-order valence-corrected chi connectivity index (χ3v) is 5.17. The first-order valence-electron chi connectivity index (χ1n) is 5.22. The number of sulfonamides is 1. The minimum absolute atomic E-state index is 0.170. The van der Waals surface area contributed by atoms with Crippen LogP contribution in [-0.2, 0) is 19.9 Å². The Morgan fingerprint density at radius 3 is 2.33 bits per heavy atom. The van der Waals surface area contributed by atoms with Crippen LogP contribution in [0, 0.1) is 5.82 Å². The van der Waals surface area contributed by atoms with E-state index in [-0.39, 0.29) is 10.9 Å². The fourth-order valence-corrected chi connectivity index (χ4v) is 3.53. The van der Waals surface area contributed by atoms with Crippen LogP contribution in [0.25, 0.3) is 0 Å². The number of sulfone groups is 1. The van der Waals surface area contributed by atoms with E-state index in [2.05, 4.69) is 4.72 Å². The topological polar surface area (TPSA) is 80.3 Å². The zero-order valence-corrected chi connectivity index (χ0v) is 11.2. The van der Waals surface area contributed by atoms with Gasteiger partial charge in [-0.15, -0.1) is 0 Å². The van der Waals surface area contributed by atoms with Crippen molar-refractivity contribution in [3.05, 3.63) is 24.0 Å². The molecule has 0 radical (unpaired) electrons. The summed E-state index contributed by atoms with van der Waals surface area (Å²) in [4.78, 5) is -0.850. The molecule has 18 heavy (non-hydrogen) atoms. The van der Waals surface area contributed by atoms with Crippen LogP contribution in [0.15, 0.2) is 28.0 Å². The SMILES string of the molecule is CS(=O)(=O)c1ccc(F)c(S(=O)(=O)NC2CC2)c1. The standard InChI is InChI=1S/C10H12FNO4S2/c1-17(13,14)8-4-5-9(11)10(6-8)18(15,16)12-7-2-3-7/h4-7,12H,2-3H2,1H3. The molecule has 1 saturated carbocycles. The van der Waals surface area contributed by atoms with Gasteiger partial charge in [-0.05, 0) is 31.0 Å². The van der Waals surface area contributed by atoms with Gasteiger partial charge in [0, 0.05) is 12.3 Å². The van der Waals surface area contributed by atoms with Crippen molar-refractivity contribution < 1.29 is 21.2 Å². The Morgan fingerprint density at radius 1 is 1.22 bits per heavy atom. The summed E-state index contributed by atoms with van der Waals surface area (Å²) >= 11 is 0. The Bertz CT molecular complexity index is 678. The van der Waals surface area contributed by atoms with Gasteiger partial charge in [0.15, 0.2) is 9.84 Å². The lowest BCUT2D eigenvalue weighted by atomic mass is 10.3. The van der Waals surface area contributed by atoms with Crippen LogP contribution in [0.2, 0.25) is 0 Å². The van der Waals surface area contributed by atoms with Gasteiger partial charge in [-0.3, -0.25) is 0 Å². The average Bonchev–Trinajstić information content (AvgIpc) is 2.99. The minimum Gasteiger partial charge on any atom is -0.224 e. The Kier molecular flexibility index (Phi) is 3.20. The summed E-state index contributed by atoms with van der Waals surface area (Å²) in [6.45, 7) is 0. The van der Waals surface area contributed by atoms with Crippen molar-refractivity contribution in [2.75, 3.05) is 6.26 Å². The van der Waals surface area contributed by atoms with Crippen molar-refractivity contribution in [2.24, 2.45) is 0 Å². The van der Waals surface area contributed by atoms with Crippen LogP contribution in [0.5, 0.6) is 0 Å². The second kappa shape index (κ2) is 4.29. The highest BCUT2D eigenvalue weighted by Crippen LogP contribution is 2.24. The monoisotopic (exact) mass is 293 g/mol. The fourth-order valence-electron chi connectivity index (χ4n) is 1.40. The molecular weight excluding hydrogens is 281 g/mol. The minimum atomic E-state index is -4.00. The van der Waals surface area contributed by atoms with E-state index in [1.54, 1.807) is 0 Å². The maximum absolute atomic E-state index is 13.5. The van der Waals surface area contributed by atoms with Gasteiger partial charge in [-0.1, -0.05) is 0 Å². The lowest BCUT2D eigenvalue weighted by Crippen LogP contribution is -2.26. The summed E-state index contributed by atoms with van der Waals surface area (Å²) < 4.78 is 62.1. The maximum atomic E-state index is 13.5. The zero-order chi connectivity index (χ0) is 13.6. The van der Waals surface area contributed by atoms with Crippen molar-refractivity contribution in [3.63, 3.8) is 0 Å². The average molecular weight is 293 g/mol. The molecular formula is C10H12FNO4S2. The van der Waals surface area contributed by atoms with Crippen molar-refractivity contribution in [1.29, 1.82) is 0 Å². The molecule has 2 rings (SSSR count). The number of rotatable bonds is 4. The third-order valence-electron chi connectivity index (χ3n) is 2.52. The predicted molar refractivity (Wildman–Crippen MR) is 62.9 cm³/mol. The van der Waals surface area contributed by atoms with Gasteiger partial charge >= 0.3 is 0 Å². The number of hydrogen-bond acceptors (Lipinski definition) is 4. The fraction of sp³-hybridized carbons (Fsp3) is 0.400. The van der Waals surface area contributed by atoms with Crippen LogP contribution in [0.3, 0.4) is 0 Å². The highest BCUT2D eigenvalue weighted by molar-refractivity contribution is 7.91. The largest absolute Gasteiger partial charge is 0.243 e. The molecule has 1 fully saturated rings. The van der Waals surface area contributed by atoms with E-state index in [4.69, 9.17) is 0 Å². The van der Waals surface area contributed by atoms with Gasteiger partial charge in [0.1, 0.15) is 10.7 Å². The van der Waals surface area contributed by atoms with Crippen LogP contribution >= 0.6 is 0 Å². The highest BCUT2D eigenvalue weighted by Gasteiger charge is 2.30. The molecule has 5 nitrogen and oxygen atoms in total. The Balaban J connectivity index is 2.49. The van der Waals surface area contributed by atoms with Crippen LogP contribution in [-0.4, -0.2) is 29.1 Å². The molecule has 8 heteroatoms. The number of benzene rings is 1. The van der Waals surface area contributed by atoms with Crippen LogP contribution in [0.4, 0.5) is 4.39 Å². The van der Waals surface area contributed by atoms with E-state index in [0.717, 1.165) is 24.5 Å². The molecule has 1 aromatic rings. The van der Waals surface area contributed by atoms with Gasteiger partial charge in [0.25, 0.3) is 0 Å². The summed E-state index contributed by atoms with van der Waals surface area (Å²) in [6.07, 6.45) is 2.37. The summed E-state index contributed by atoms with van der Waals surface area (Å²) in [7, 11) is -7.57. The van der Waals surface area contributed by atoms with Crippen LogP contribution < -0.4 is 4.72 Å². The molecule has 1 N–H and O–H groups in total. The number of nitrogens with one attached hydrogen (secondary N) is 1. The van der Waals surface area contributed by atoms with Gasteiger partial charge in [-0.2, -0.15) is 0 Å². The molecule has 0 unspecified atom stereocenters. The third kappa shape index (κ3) is 2.88. The first kappa shape index (κ1) is 13.4. The van der Waals surface area contributed by atoms with Gasteiger partial charge < -0.3 is 0 Å². The summed E-state index contributed by atoms with van der Waals surface area (Å²) in [6, 6.07) is 2.56. The lowest BCUT2D eigenvalue weighted by molar-refractivity contribution is 0.554.